The molecule has 0 aromatic heterocycles. The molecule has 3 aromatic rings. The van der Waals surface area contributed by atoms with Crippen molar-refractivity contribution in [3.8, 4) is 0 Å². The van der Waals surface area contributed by atoms with Gasteiger partial charge in [0.05, 0.1) is 0 Å². The quantitative estimate of drug-likeness (QED) is 0.503. The largest absolute Gasteiger partial charge is 0.360 e. The Balaban J connectivity index is 1.52. The van der Waals surface area contributed by atoms with Gasteiger partial charge in [-0.1, -0.05) is 95.8 Å². The van der Waals surface area contributed by atoms with E-state index in [0.29, 0.717) is 0 Å². The maximum atomic E-state index is 6.05. The van der Waals surface area contributed by atoms with Crippen LogP contribution in [0.4, 0.5) is 0 Å². The molecule has 0 amide bonds. The Morgan fingerprint density at radius 2 is 1.38 bits per heavy atom. The summed E-state index contributed by atoms with van der Waals surface area (Å²) in [6.07, 6.45) is 1.86. The molecule has 2 nitrogen and oxygen atoms in total. The van der Waals surface area contributed by atoms with E-state index >= 15 is 0 Å². The van der Waals surface area contributed by atoms with Gasteiger partial charge in [-0.3, -0.25) is 0 Å². The predicted molar refractivity (Wildman–Crippen MR) is 111 cm³/mol. The molecule has 130 valence electrons. The fourth-order valence-electron chi connectivity index (χ4n) is 2.79. The van der Waals surface area contributed by atoms with Crippen LogP contribution in [0.25, 0.3) is 0 Å². The molecule has 0 radical (unpaired) electrons. The molecule has 1 aliphatic rings. The third-order valence-electron chi connectivity index (χ3n) is 4.11. The van der Waals surface area contributed by atoms with Gasteiger partial charge in [-0.2, -0.15) is 0 Å². The van der Waals surface area contributed by atoms with Crippen LogP contribution in [-0.4, -0.2) is 5.04 Å². The maximum Gasteiger partial charge on any atom is 0.264 e. The minimum Gasteiger partial charge on any atom is -0.360 e. The Morgan fingerprint density at radius 3 is 2.08 bits per heavy atom. The van der Waals surface area contributed by atoms with Gasteiger partial charge in [0.25, 0.3) is 4.27 Å². The maximum absolute atomic E-state index is 6.05. The Kier molecular flexibility index (Phi) is 5.32. The molecule has 1 aliphatic heterocycles. The normalized spacial score (nSPS) is 19.0. The van der Waals surface area contributed by atoms with Crippen LogP contribution in [-0.2, 0) is 15.5 Å². The Morgan fingerprint density at radius 1 is 0.769 bits per heavy atom. The van der Waals surface area contributed by atoms with E-state index in [0.717, 1.165) is 23.4 Å². The summed E-state index contributed by atoms with van der Waals surface area (Å²) in [5.41, 5.74) is 2.45. The molecule has 0 bridgehead atoms. The van der Waals surface area contributed by atoms with E-state index in [1.165, 1.54) is 10.5 Å². The molecule has 0 fully saturated rings. The number of aryl methyl sites for hydroxylation is 1. The van der Waals surface area contributed by atoms with Gasteiger partial charge in [0.1, 0.15) is 5.04 Å². The van der Waals surface area contributed by atoms with E-state index in [9.17, 15) is 0 Å². The smallest absolute Gasteiger partial charge is 0.264 e. The van der Waals surface area contributed by atoms with Crippen molar-refractivity contribution in [2.75, 3.05) is 0 Å². The van der Waals surface area contributed by atoms with Crippen molar-refractivity contribution in [1.82, 2.24) is 0 Å². The molecule has 3 aromatic carbocycles. The first-order valence-electron chi connectivity index (χ1n) is 8.62. The standard InChI is InChI=1S/C22H19NOS2/c1-4-10-18(11-5-1)16-17-21-23-24-22(26-21,19-12-6-2-7-13-19)25-20-14-8-3-9-15-20/h1-15H,16-17H2. The Labute approximate surface area is 162 Å². The first kappa shape index (κ1) is 17.3. The minimum absolute atomic E-state index is 0.561. The molecule has 0 saturated heterocycles. The molecule has 4 rings (SSSR count). The molecule has 0 spiro atoms. The van der Waals surface area contributed by atoms with Gasteiger partial charge in [-0.15, -0.1) is 0 Å². The summed E-state index contributed by atoms with van der Waals surface area (Å²) < 4.78 is -0.561. The molecule has 26 heavy (non-hydrogen) atoms. The number of nitrogens with zero attached hydrogens (tertiary/aromatic N) is 1. The average Bonchev–Trinajstić information content (AvgIpc) is 3.13. The summed E-state index contributed by atoms with van der Waals surface area (Å²) in [5.74, 6) is 0. The molecule has 1 unspecified atom stereocenters. The van der Waals surface area contributed by atoms with Crippen molar-refractivity contribution in [2.45, 2.75) is 22.0 Å². The SMILES string of the molecule is c1ccc(CCC2=NOC(Sc3ccccc3)(c3ccccc3)S2)cc1. The monoisotopic (exact) mass is 377 g/mol. The van der Waals surface area contributed by atoms with Crippen molar-refractivity contribution >= 4 is 28.6 Å². The van der Waals surface area contributed by atoms with Gasteiger partial charge in [0.2, 0.25) is 0 Å². The average molecular weight is 378 g/mol. The fraction of sp³-hybridized carbons (Fsp3) is 0.136. The van der Waals surface area contributed by atoms with E-state index in [1.54, 1.807) is 23.5 Å². The second-order valence-electron chi connectivity index (χ2n) is 6.00. The zero-order valence-corrected chi connectivity index (χ0v) is 15.9. The van der Waals surface area contributed by atoms with Crippen LogP contribution in [0, 0.1) is 0 Å². The number of thioether (sulfide) groups is 2. The van der Waals surface area contributed by atoms with E-state index in [-0.39, 0.29) is 0 Å². The topological polar surface area (TPSA) is 21.6 Å². The second-order valence-corrected chi connectivity index (χ2v) is 8.76. The van der Waals surface area contributed by atoms with Crippen molar-refractivity contribution in [3.63, 3.8) is 0 Å². The summed E-state index contributed by atoms with van der Waals surface area (Å²) >= 11 is 3.42. The minimum atomic E-state index is -0.561. The second kappa shape index (κ2) is 8.02. The van der Waals surface area contributed by atoms with Gasteiger partial charge in [0, 0.05) is 16.9 Å². The predicted octanol–water partition coefficient (Wildman–Crippen LogP) is 6.30. The van der Waals surface area contributed by atoms with Gasteiger partial charge in [-0.25, -0.2) is 0 Å². The number of benzene rings is 3. The Bertz CT molecular complexity index is 868. The van der Waals surface area contributed by atoms with Crippen LogP contribution in [0.2, 0.25) is 0 Å². The fourth-order valence-corrected chi connectivity index (χ4v) is 5.39. The molecule has 1 heterocycles. The summed E-state index contributed by atoms with van der Waals surface area (Å²) in [6.45, 7) is 0. The first-order valence-corrected chi connectivity index (χ1v) is 10.2. The first-order chi connectivity index (χ1) is 12.8. The molecule has 0 aliphatic carbocycles. The molecular formula is C22H19NOS2. The third kappa shape index (κ3) is 3.97. The van der Waals surface area contributed by atoms with Gasteiger partial charge < -0.3 is 4.84 Å². The highest BCUT2D eigenvalue weighted by Crippen LogP contribution is 2.55. The van der Waals surface area contributed by atoms with Crippen molar-refractivity contribution < 1.29 is 4.84 Å². The third-order valence-corrected chi connectivity index (χ3v) is 6.79. The Hall–Kier alpha value is -2.17. The molecular weight excluding hydrogens is 358 g/mol. The van der Waals surface area contributed by atoms with E-state index in [4.69, 9.17) is 4.84 Å². The highest BCUT2D eigenvalue weighted by atomic mass is 32.2. The van der Waals surface area contributed by atoms with Crippen LogP contribution in [0.3, 0.4) is 0 Å². The zero-order valence-electron chi connectivity index (χ0n) is 14.2. The summed E-state index contributed by atoms with van der Waals surface area (Å²) in [7, 11) is 0. The van der Waals surface area contributed by atoms with Crippen LogP contribution in [0.15, 0.2) is 101 Å². The van der Waals surface area contributed by atoms with Crippen molar-refractivity contribution in [1.29, 1.82) is 0 Å². The van der Waals surface area contributed by atoms with E-state index < -0.39 is 4.27 Å². The van der Waals surface area contributed by atoms with Crippen LogP contribution in [0.1, 0.15) is 17.5 Å². The lowest BCUT2D eigenvalue weighted by molar-refractivity contribution is 0.104. The van der Waals surface area contributed by atoms with Crippen LogP contribution < -0.4 is 0 Å². The van der Waals surface area contributed by atoms with Crippen molar-refractivity contribution in [2.24, 2.45) is 5.16 Å². The van der Waals surface area contributed by atoms with E-state index in [1.807, 2.05) is 18.2 Å². The van der Waals surface area contributed by atoms with Gasteiger partial charge >= 0.3 is 0 Å². The summed E-state index contributed by atoms with van der Waals surface area (Å²) in [6, 6.07) is 31.2. The van der Waals surface area contributed by atoms with Gasteiger partial charge in [0.15, 0.2) is 0 Å². The highest BCUT2D eigenvalue weighted by Gasteiger charge is 2.43. The zero-order chi connectivity index (χ0) is 17.7. The number of rotatable bonds is 6. The summed E-state index contributed by atoms with van der Waals surface area (Å²) in [5, 5.41) is 5.48. The van der Waals surface area contributed by atoms with Gasteiger partial charge in [-0.05, 0) is 35.9 Å². The lowest BCUT2D eigenvalue weighted by Gasteiger charge is -2.25. The highest BCUT2D eigenvalue weighted by molar-refractivity contribution is 8.25. The summed E-state index contributed by atoms with van der Waals surface area (Å²) in [4.78, 5) is 7.22. The number of hydrogen-bond acceptors (Lipinski definition) is 4. The lowest BCUT2D eigenvalue weighted by Crippen LogP contribution is -2.17. The lowest BCUT2D eigenvalue weighted by atomic mass is 10.1. The number of hydrogen-bond donors (Lipinski definition) is 0. The number of oxime groups is 1. The van der Waals surface area contributed by atoms with Crippen LogP contribution >= 0.6 is 23.5 Å². The molecule has 0 saturated carbocycles. The molecule has 1 atom stereocenters. The molecule has 4 heteroatoms. The molecule has 0 N–H and O–H groups in total. The van der Waals surface area contributed by atoms with E-state index in [2.05, 4.69) is 78.0 Å². The van der Waals surface area contributed by atoms with Crippen LogP contribution in [0.5, 0.6) is 0 Å². The van der Waals surface area contributed by atoms with Crippen molar-refractivity contribution in [3.05, 3.63) is 102 Å².